The highest BCUT2D eigenvalue weighted by Gasteiger charge is 2.05. The Labute approximate surface area is 131 Å². The summed E-state index contributed by atoms with van der Waals surface area (Å²) < 4.78 is 14.7. The fourth-order valence-corrected chi connectivity index (χ4v) is 2.87. The van der Waals surface area contributed by atoms with Gasteiger partial charge in [-0.2, -0.15) is 0 Å². The Morgan fingerprint density at radius 1 is 1.27 bits per heavy atom. The predicted molar refractivity (Wildman–Crippen MR) is 88.4 cm³/mol. The molecule has 0 saturated carbocycles. The molecule has 0 fully saturated rings. The quantitative estimate of drug-likeness (QED) is 0.729. The van der Waals surface area contributed by atoms with Crippen molar-refractivity contribution >= 4 is 39.2 Å². The van der Waals surface area contributed by atoms with E-state index in [0.717, 1.165) is 20.8 Å². The second-order valence-electron chi connectivity index (χ2n) is 4.83. The number of carbonyl (C=O) groups is 1. The van der Waals surface area contributed by atoms with E-state index in [1.54, 1.807) is 25.1 Å². The molecule has 0 saturated heterocycles. The molecule has 0 atom stereocenters. The van der Waals surface area contributed by atoms with Gasteiger partial charge in [0.25, 0.3) is 0 Å². The third-order valence-electron chi connectivity index (χ3n) is 3.07. The SMILES string of the molecule is Cc1ccc(NC(=O)C=Cc2nc3ccccc3s2)c(F)c1. The minimum absolute atomic E-state index is 0.171. The van der Waals surface area contributed by atoms with Crippen LogP contribution in [0, 0.1) is 12.7 Å². The molecule has 0 aliphatic rings. The highest BCUT2D eigenvalue weighted by molar-refractivity contribution is 7.19. The normalized spacial score (nSPS) is 11.2. The molecule has 0 bridgehead atoms. The smallest absolute Gasteiger partial charge is 0.248 e. The Bertz CT molecular complexity index is 837. The zero-order valence-electron chi connectivity index (χ0n) is 11.8. The number of fused-ring (bicyclic) bond motifs is 1. The van der Waals surface area contributed by atoms with Crippen molar-refractivity contribution in [3.05, 3.63) is 64.9 Å². The number of thiazole rings is 1. The molecule has 3 nitrogen and oxygen atoms in total. The minimum atomic E-state index is -0.443. The van der Waals surface area contributed by atoms with Crippen LogP contribution in [-0.2, 0) is 4.79 Å². The highest BCUT2D eigenvalue weighted by Crippen LogP contribution is 2.22. The van der Waals surface area contributed by atoms with Crippen LogP contribution in [0.2, 0.25) is 0 Å². The van der Waals surface area contributed by atoms with E-state index in [1.165, 1.54) is 23.5 Å². The first-order valence-electron chi connectivity index (χ1n) is 6.72. The van der Waals surface area contributed by atoms with Crippen molar-refractivity contribution in [1.82, 2.24) is 4.98 Å². The van der Waals surface area contributed by atoms with E-state index >= 15 is 0 Å². The van der Waals surface area contributed by atoms with E-state index in [1.807, 2.05) is 24.3 Å². The number of hydrogen-bond acceptors (Lipinski definition) is 3. The predicted octanol–water partition coefficient (Wildman–Crippen LogP) is 4.40. The molecule has 1 amide bonds. The van der Waals surface area contributed by atoms with E-state index in [9.17, 15) is 9.18 Å². The van der Waals surface area contributed by atoms with Crippen molar-refractivity contribution in [2.45, 2.75) is 6.92 Å². The second-order valence-corrected chi connectivity index (χ2v) is 5.89. The summed E-state index contributed by atoms with van der Waals surface area (Å²) in [5.74, 6) is -0.830. The topological polar surface area (TPSA) is 42.0 Å². The number of carbonyl (C=O) groups excluding carboxylic acids is 1. The first-order valence-corrected chi connectivity index (χ1v) is 7.54. The number of para-hydroxylation sites is 1. The summed E-state index contributed by atoms with van der Waals surface area (Å²) in [6, 6.07) is 12.4. The first-order chi connectivity index (χ1) is 10.6. The molecule has 5 heteroatoms. The summed E-state index contributed by atoms with van der Waals surface area (Å²) in [4.78, 5) is 16.2. The van der Waals surface area contributed by atoms with Crippen molar-refractivity contribution in [3.8, 4) is 0 Å². The number of aromatic nitrogens is 1. The number of nitrogens with zero attached hydrogens (tertiary/aromatic N) is 1. The number of rotatable bonds is 3. The van der Waals surface area contributed by atoms with Crippen LogP contribution in [0.3, 0.4) is 0 Å². The van der Waals surface area contributed by atoms with Crippen molar-refractivity contribution in [2.24, 2.45) is 0 Å². The number of halogens is 1. The first kappa shape index (κ1) is 14.4. The Hall–Kier alpha value is -2.53. The van der Waals surface area contributed by atoms with Gasteiger partial charge in [-0.15, -0.1) is 11.3 Å². The molecule has 3 aromatic rings. The van der Waals surface area contributed by atoms with Gasteiger partial charge in [0.2, 0.25) is 5.91 Å². The molecular formula is C17H13FN2OS. The molecular weight excluding hydrogens is 299 g/mol. The molecule has 0 unspecified atom stereocenters. The lowest BCUT2D eigenvalue weighted by Gasteiger charge is -2.04. The highest BCUT2D eigenvalue weighted by atomic mass is 32.1. The summed E-state index contributed by atoms with van der Waals surface area (Å²) in [6.45, 7) is 1.79. The summed E-state index contributed by atoms with van der Waals surface area (Å²) in [5.41, 5.74) is 1.88. The van der Waals surface area contributed by atoms with Crippen molar-refractivity contribution in [2.75, 3.05) is 5.32 Å². The molecule has 22 heavy (non-hydrogen) atoms. The standard InChI is InChI=1S/C17H13FN2OS/c1-11-6-7-13(12(18)10-11)19-16(21)8-9-17-20-14-4-2-3-5-15(14)22-17/h2-10H,1H3,(H,19,21). The maximum absolute atomic E-state index is 13.7. The Kier molecular flexibility index (Phi) is 3.98. The van der Waals surface area contributed by atoms with Crippen molar-refractivity contribution in [3.63, 3.8) is 0 Å². The van der Waals surface area contributed by atoms with E-state index < -0.39 is 5.82 Å². The van der Waals surface area contributed by atoms with Crippen molar-refractivity contribution < 1.29 is 9.18 Å². The molecule has 1 N–H and O–H groups in total. The number of amides is 1. The lowest BCUT2D eigenvalue weighted by molar-refractivity contribution is -0.111. The van der Waals surface area contributed by atoms with Crippen LogP contribution in [0.4, 0.5) is 10.1 Å². The van der Waals surface area contributed by atoms with E-state index in [4.69, 9.17) is 0 Å². The van der Waals surface area contributed by atoms with Gasteiger partial charge in [0.05, 0.1) is 15.9 Å². The lowest BCUT2D eigenvalue weighted by Crippen LogP contribution is -2.09. The van der Waals surface area contributed by atoms with Gasteiger partial charge in [0.15, 0.2) is 0 Å². The second kappa shape index (κ2) is 6.07. The van der Waals surface area contributed by atoms with Crippen LogP contribution >= 0.6 is 11.3 Å². The number of nitrogens with one attached hydrogen (secondary N) is 1. The Morgan fingerprint density at radius 2 is 2.09 bits per heavy atom. The van der Waals surface area contributed by atoms with Gasteiger partial charge < -0.3 is 5.32 Å². The van der Waals surface area contributed by atoms with Gasteiger partial charge in [-0.3, -0.25) is 4.79 Å². The molecule has 1 aromatic heterocycles. The van der Waals surface area contributed by atoms with Crippen LogP contribution in [0.15, 0.2) is 48.5 Å². The zero-order valence-corrected chi connectivity index (χ0v) is 12.7. The number of anilines is 1. The number of hydrogen-bond donors (Lipinski definition) is 1. The maximum Gasteiger partial charge on any atom is 0.248 e. The van der Waals surface area contributed by atoms with Crippen LogP contribution in [-0.4, -0.2) is 10.9 Å². The van der Waals surface area contributed by atoms with Gasteiger partial charge in [0.1, 0.15) is 10.8 Å². The van der Waals surface area contributed by atoms with Crippen LogP contribution in [0.1, 0.15) is 10.6 Å². The molecule has 0 aliphatic heterocycles. The third-order valence-corrected chi connectivity index (χ3v) is 4.07. The van der Waals surface area contributed by atoms with Gasteiger partial charge in [0, 0.05) is 6.08 Å². The van der Waals surface area contributed by atoms with E-state index in [0.29, 0.717) is 0 Å². The lowest BCUT2D eigenvalue weighted by atomic mass is 10.2. The molecule has 0 radical (unpaired) electrons. The summed E-state index contributed by atoms with van der Waals surface area (Å²) >= 11 is 1.50. The summed E-state index contributed by atoms with van der Waals surface area (Å²) in [6.07, 6.45) is 2.99. The zero-order chi connectivity index (χ0) is 15.5. The van der Waals surface area contributed by atoms with E-state index in [2.05, 4.69) is 10.3 Å². The summed E-state index contributed by atoms with van der Waals surface area (Å²) in [5, 5.41) is 3.25. The summed E-state index contributed by atoms with van der Waals surface area (Å²) in [7, 11) is 0. The monoisotopic (exact) mass is 312 g/mol. The average Bonchev–Trinajstić information content (AvgIpc) is 2.91. The van der Waals surface area contributed by atoms with Gasteiger partial charge >= 0.3 is 0 Å². The van der Waals surface area contributed by atoms with Gasteiger partial charge in [-0.05, 0) is 42.8 Å². The molecule has 110 valence electrons. The van der Waals surface area contributed by atoms with Crippen LogP contribution in [0.5, 0.6) is 0 Å². The number of benzene rings is 2. The Morgan fingerprint density at radius 3 is 2.86 bits per heavy atom. The van der Waals surface area contributed by atoms with Gasteiger partial charge in [-0.25, -0.2) is 9.37 Å². The molecule has 0 spiro atoms. The van der Waals surface area contributed by atoms with Crippen molar-refractivity contribution in [1.29, 1.82) is 0 Å². The van der Waals surface area contributed by atoms with Crippen LogP contribution in [0.25, 0.3) is 16.3 Å². The largest absolute Gasteiger partial charge is 0.320 e. The fourth-order valence-electron chi connectivity index (χ4n) is 2.00. The third kappa shape index (κ3) is 3.20. The molecule has 1 heterocycles. The minimum Gasteiger partial charge on any atom is -0.320 e. The average molecular weight is 312 g/mol. The maximum atomic E-state index is 13.7. The Balaban J connectivity index is 1.73. The van der Waals surface area contributed by atoms with Crippen LogP contribution < -0.4 is 5.32 Å². The fraction of sp³-hybridized carbons (Fsp3) is 0.0588. The molecule has 0 aliphatic carbocycles. The van der Waals surface area contributed by atoms with E-state index in [-0.39, 0.29) is 11.6 Å². The molecule has 3 rings (SSSR count). The number of aryl methyl sites for hydroxylation is 1. The molecule has 2 aromatic carbocycles. The van der Waals surface area contributed by atoms with Gasteiger partial charge in [-0.1, -0.05) is 18.2 Å².